The molecule has 0 bridgehead atoms. The van der Waals surface area contributed by atoms with Gasteiger partial charge in [0.1, 0.15) is 11.5 Å². The lowest BCUT2D eigenvalue weighted by Gasteiger charge is -2.29. The minimum Gasteiger partial charge on any atom is -0.495 e. The maximum Gasteiger partial charge on any atom is 0.573 e. The van der Waals surface area contributed by atoms with E-state index in [4.69, 9.17) is 4.74 Å². The number of hydrogen-bond acceptors (Lipinski definition) is 6. The smallest absolute Gasteiger partial charge is 0.495 e. The van der Waals surface area contributed by atoms with Crippen molar-refractivity contribution in [3.8, 4) is 11.5 Å². The molecule has 1 N–H and O–H groups in total. The third-order valence-electron chi connectivity index (χ3n) is 4.53. The highest BCUT2D eigenvalue weighted by Crippen LogP contribution is 2.31. The van der Waals surface area contributed by atoms with Gasteiger partial charge in [-0.15, -0.1) is 13.2 Å². The number of nitrogens with one attached hydrogen (secondary N) is 1. The van der Waals surface area contributed by atoms with Crippen molar-refractivity contribution in [2.24, 2.45) is 0 Å². The molecule has 0 aliphatic carbocycles. The first-order valence-corrected chi connectivity index (χ1v) is 10.7. The molecule has 1 saturated heterocycles. The Kier molecular flexibility index (Phi) is 6.11. The van der Waals surface area contributed by atoms with Gasteiger partial charge < -0.3 is 19.7 Å². The van der Waals surface area contributed by atoms with Crippen LogP contribution in [-0.4, -0.2) is 46.5 Å². The minimum absolute atomic E-state index is 0.128. The van der Waals surface area contributed by atoms with Gasteiger partial charge in [0.25, 0.3) is 0 Å². The number of benzene rings is 2. The molecule has 2 aromatic carbocycles. The zero-order valence-electron chi connectivity index (χ0n) is 15.7. The molecule has 0 spiro atoms. The molecule has 1 heterocycles. The lowest BCUT2D eigenvalue weighted by molar-refractivity contribution is -0.274. The van der Waals surface area contributed by atoms with Crippen LogP contribution in [0.1, 0.15) is 5.56 Å². The lowest BCUT2D eigenvalue weighted by atomic mass is 10.2. The number of alkyl halides is 3. The number of sulfone groups is 1. The largest absolute Gasteiger partial charge is 0.573 e. The van der Waals surface area contributed by atoms with Crippen LogP contribution in [0.2, 0.25) is 0 Å². The number of ether oxygens (including phenoxy) is 2. The average Bonchev–Trinajstić information content (AvgIpc) is 2.66. The first-order chi connectivity index (χ1) is 13.6. The summed E-state index contributed by atoms with van der Waals surface area (Å²) in [6.45, 7) is 1.25. The molecule has 0 radical (unpaired) electrons. The van der Waals surface area contributed by atoms with Crippen LogP contribution in [0.4, 0.5) is 24.5 Å². The molecule has 29 heavy (non-hydrogen) atoms. The van der Waals surface area contributed by atoms with Gasteiger partial charge in [-0.05, 0) is 29.8 Å². The number of anilines is 2. The second kappa shape index (κ2) is 8.40. The fourth-order valence-electron chi connectivity index (χ4n) is 3.00. The van der Waals surface area contributed by atoms with Crippen molar-refractivity contribution >= 4 is 21.2 Å². The van der Waals surface area contributed by atoms with Gasteiger partial charge in [-0.25, -0.2) is 8.42 Å². The lowest BCUT2D eigenvalue weighted by Crippen LogP contribution is -2.40. The Morgan fingerprint density at radius 3 is 2.31 bits per heavy atom. The maximum atomic E-state index is 12.2. The minimum atomic E-state index is -4.71. The number of methoxy groups -OCH3 is 1. The van der Waals surface area contributed by atoms with Gasteiger partial charge in [-0.3, -0.25) is 0 Å². The van der Waals surface area contributed by atoms with Gasteiger partial charge in [-0.2, -0.15) is 0 Å². The van der Waals surface area contributed by atoms with Crippen molar-refractivity contribution in [1.82, 2.24) is 0 Å². The van der Waals surface area contributed by atoms with Gasteiger partial charge in [0.05, 0.1) is 24.3 Å². The highest BCUT2D eigenvalue weighted by atomic mass is 32.2. The van der Waals surface area contributed by atoms with E-state index in [0.29, 0.717) is 25.4 Å². The SMILES string of the molecule is COc1cc(N2CCS(=O)(=O)CC2)ccc1NCc1ccc(OC(F)(F)F)cc1. The number of rotatable bonds is 6. The van der Waals surface area contributed by atoms with Crippen molar-refractivity contribution < 1.29 is 31.1 Å². The van der Waals surface area contributed by atoms with Crippen molar-refractivity contribution in [3.63, 3.8) is 0 Å². The first kappa shape index (κ1) is 21.1. The summed E-state index contributed by atoms with van der Waals surface area (Å²) in [4.78, 5) is 1.99. The molecule has 1 fully saturated rings. The van der Waals surface area contributed by atoms with Gasteiger partial charge in [-0.1, -0.05) is 12.1 Å². The summed E-state index contributed by atoms with van der Waals surface area (Å²) in [5.41, 5.74) is 2.36. The van der Waals surface area contributed by atoms with Gasteiger partial charge in [0.2, 0.25) is 0 Å². The van der Waals surface area contributed by atoms with Crippen LogP contribution in [0.5, 0.6) is 11.5 Å². The van der Waals surface area contributed by atoms with E-state index >= 15 is 0 Å². The number of halogens is 3. The van der Waals surface area contributed by atoms with E-state index in [9.17, 15) is 21.6 Å². The van der Waals surface area contributed by atoms with Crippen LogP contribution in [0.25, 0.3) is 0 Å². The first-order valence-electron chi connectivity index (χ1n) is 8.87. The summed E-state index contributed by atoms with van der Waals surface area (Å²) in [5, 5.41) is 3.19. The third-order valence-corrected chi connectivity index (χ3v) is 6.14. The van der Waals surface area contributed by atoms with Crippen LogP contribution in [-0.2, 0) is 16.4 Å². The summed E-state index contributed by atoms with van der Waals surface area (Å²) in [7, 11) is -1.42. The van der Waals surface area contributed by atoms with E-state index in [1.165, 1.54) is 19.2 Å². The summed E-state index contributed by atoms with van der Waals surface area (Å²) < 4.78 is 69.1. The highest BCUT2D eigenvalue weighted by Gasteiger charge is 2.31. The molecule has 1 aliphatic heterocycles. The number of hydrogen-bond donors (Lipinski definition) is 1. The highest BCUT2D eigenvalue weighted by molar-refractivity contribution is 7.91. The fourth-order valence-corrected chi connectivity index (χ4v) is 4.20. The Morgan fingerprint density at radius 1 is 1.07 bits per heavy atom. The summed E-state index contributed by atoms with van der Waals surface area (Å²) in [6, 6.07) is 11.2. The molecule has 10 heteroatoms. The topological polar surface area (TPSA) is 67.9 Å². The normalized spacial score (nSPS) is 16.3. The number of nitrogens with zero attached hydrogens (tertiary/aromatic N) is 1. The van der Waals surface area contributed by atoms with Gasteiger partial charge in [0.15, 0.2) is 9.84 Å². The van der Waals surface area contributed by atoms with Gasteiger partial charge >= 0.3 is 6.36 Å². The zero-order chi connectivity index (χ0) is 21.1. The second-order valence-electron chi connectivity index (χ2n) is 6.57. The van der Waals surface area contributed by atoms with Crippen LogP contribution in [0, 0.1) is 0 Å². The van der Waals surface area contributed by atoms with Crippen LogP contribution in [0.3, 0.4) is 0 Å². The Balaban J connectivity index is 1.64. The van der Waals surface area contributed by atoms with Crippen molar-refractivity contribution in [2.45, 2.75) is 12.9 Å². The molecular weight excluding hydrogens is 409 g/mol. The molecule has 0 saturated carbocycles. The third kappa shape index (κ3) is 5.93. The Hall–Kier alpha value is -2.62. The molecule has 2 aromatic rings. The zero-order valence-corrected chi connectivity index (χ0v) is 16.5. The summed E-state index contributed by atoms with van der Waals surface area (Å²) >= 11 is 0. The molecule has 158 valence electrons. The van der Waals surface area contributed by atoms with E-state index in [2.05, 4.69) is 10.1 Å². The summed E-state index contributed by atoms with van der Waals surface area (Å²) in [5.74, 6) is 0.576. The monoisotopic (exact) mass is 430 g/mol. The molecule has 0 aromatic heterocycles. The predicted molar refractivity (Wildman–Crippen MR) is 104 cm³/mol. The predicted octanol–water partition coefficient (Wildman–Crippen LogP) is 3.44. The Bertz CT molecular complexity index is 933. The Labute approximate surface area is 167 Å². The quantitative estimate of drug-likeness (QED) is 0.757. The maximum absolute atomic E-state index is 12.2. The molecule has 3 rings (SSSR count). The Morgan fingerprint density at radius 2 is 1.72 bits per heavy atom. The van der Waals surface area contributed by atoms with E-state index in [1.54, 1.807) is 12.1 Å². The fraction of sp³-hybridized carbons (Fsp3) is 0.368. The van der Waals surface area contributed by atoms with Crippen LogP contribution in [0.15, 0.2) is 42.5 Å². The van der Waals surface area contributed by atoms with Crippen molar-refractivity contribution in [2.75, 3.05) is 41.9 Å². The van der Waals surface area contributed by atoms with Crippen molar-refractivity contribution in [3.05, 3.63) is 48.0 Å². The summed E-state index contributed by atoms with van der Waals surface area (Å²) in [6.07, 6.45) is -4.71. The average molecular weight is 430 g/mol. The molecular formula is C19H21F3N2O4S. The molecule has 0 amide bonds. The second-order valence-corrected chi connectivity index (χ2v) is 8.87. The molecule has 0 atom stereocenters. The standard InChI is InChI=1S/C19H21F3N2O4S/c1-27-18-12-15(24-8-10-29(25,26)11-9-24)4-7-17(18)23-13-14-2-5-16(6-3-14)28-19(20,21)22/h2-7,12,23H,8-11,13H2,1H3. The van der Waals surface area contributed by atoms with Crippen LogP contribution >= 0.6 is 0 Å². The molecule has 6 nitrogen and oxygen atoms in total. The van der Waals surface area contributed by atoms with E-state index in [1.807, 2.05) is 23.1 Å². The van der Waals surface area contributed by atoms with E-state index in [0.717, 1.165) is 16.9 Å². The van der Waals surface area contributed by atoms with Crippen molar-refractivity contribution in [1.29, 1.82) is 0 Å². The van der Waals surface area contributed by atoms with Gasteiger partial charge in [0, 0.05) is 31.4 Å². The van der Waals surface area contributed by atoms with E-state index < -0.39 is 16.2 Å². The molecule has 0 unspecified atom stereocenters. The van der Waals surface area contributed by atoms with E-state index in [-0.39, 0.29) is 17.3 Å². The molecule has 1 aliphatic rings. The van der Waals surface area contributed by atoms with Crippen LogP contribution < -0.4 is 19.7 Å².